The maximum absolute atomic E-state index is 3.91. The minimum Gasteiger partial charge on any atom is -0.310 e. The minimum absolute atomic E-state index is 0.471. The molecule has 1 spiro atoms. The summed E-state index contributed by atoms with van der Waals surface area (Å²) in [5, 5.41) is 0. The highest BCUT2D eigenvalue weighted by atomic mass is 15.2. The monoisotopic (exact) mass is 599 g/mol. The average molecular weight is 600 g/mol. The van der Waals surface area contributed by atoms with Gasteiger partial charge in [0.1, 0.15) is 0 Å². The largest absolute Gasteiger partial charge is 0.310 e. The topological polar surface area (TPSA) is 3.24 Å². The number of fused-ring (bicyclic) bond motifs is 9. The van der Waals surface area contributed by atoms with E-state index >= 15 is 0 Å². The van der Waals surface area contributed by atoms with E-state index in [-0.39, 0.29) is 0 Å². The van der Waals surface area contributed by atoms with Crippen molar-refractivity contribution in [1.82, 2.24) is 0 Å². The molecule has 0 amide bonds. The molecule has 0 saturated carbocycles. The predicted molar refractivity (Wildman–Crippen MR) is 197 cm³/mol. The summed E-state index contributed by atoms with van der Waals surface area (Å²) in [6.45, 7) is 3.91. The lowest BCUT2D eigenvalue weighted by Gasteiger charge is -2.45. The van der Waals surface area contributed by atoms with Gasteiger partial charge in [-0.15, -0.1) is 6.58 Å². The van der Waals surface area contributed by atoms with Crippen molar-refractivity contribution in [2.45, 2.75) is 11.8 Å². The first-order valence-corrected chi connectivity index (χ1v) is 16.4. The fourth-order valence-corrected chi connectivity index (χ4v) is 8.10. The van der Waals surface area contributed by atoms with E-state index in [0.29, 0.717) is 0 Å². The molecule has 7 aromatic rings. The first kappa shape index (κ1) is 27.4. The van der Waals surface area contributed by atoms with Crippen LogP contribution in [0.5, 0.6) is 0 Å². The number of allylic oxidation sites excluding steroid dienone is 1. The van der Waals surface area contributed by atoms with Crippen molar-refractivity contribution < 1.29 is 0 Å². The molecule has 0 N–H and O–H groups in total. The van der Waals surface area contributed by atoms with Crippen LogP contribution in [0.4, 0.5) is 17.1 Å². The summed E-state index contributed by atoms with van der Waals surface area (Å²) < 4.78 is 0. The quantitative estimate of drug-likeness (QED) is 0.178. The van der Waals surface area contributed by atoms with Crippen molar-refractivity contribution in [3.05, 3.63) is 210 Å². The van der Waals surface area contributed by atoms with E-state index < -0.39 is 5.41 Å². The molecule has 47 heavy (non-hydrogen) atoms. The molecule has 1 aliphatic heterocycles. The van der Waals surface area contributed by atoms with Gasteiger partial charge in [-0.25, -0.2) is 0 Å². The lowest BCUT2D eigenvalue weighted by atomic mass is 9.64. The Morgan fingerprint density at radius 1 is 0.447 bits per heavy atom. The Bertz CT molecular complexity index is 2250. The van der Waals surface area contributed by atoms with Gasteiger partial charge in [0.05, 0.1) is 16.8 Å². The normalized spacial score (nSPS) is 13.4. The summed E-state index contributed by atoms with van der Waals surface area (Å²) in [5.74, 6) is 0. The van der Waals surface area contributed by atoms with Crippen LogP contribution in [0.1, 0.15) is 27.8 Å². The molecule has 1 nitrogen and oxygen atoms in total. The molecule has 0 fully saturated rings. The zero-order chi connectivity index (χ0) is 31.4. The van der Waals surface area contributed by atoms with Crippen molar-refractivity contribution in [3.63, 3.8) is 0 Å². The Morgan fingerprint density at radius 3 is 1.62 bits per heavy atom. The van der Waals surface area contributed by atoms with Crippen LogP contribution in [0.3, 0.4) is 0 Å². The Labute approximate surface area is 276 Å². The van der Waals surface area contributed by atoms with Gasteiger partial charge in [-0.1, -0.05) is 146 Å². The van der Waals surface area contributed by atoms with Gasteiger partial charge in [0.15, 0.2) is 0 Å². The fourth-order valence-electron chi connectivity index (χ4n) is 8.10. The second-order valence-corrected chi connectivity index (χ2v) is 12.5. The summed E-state index contributed by atoms with van der Waals surface area (Å²) >= 11 is 0. The van der Waals surface area contributed by atoms with E-state index in [1.807, 2.05) is 6.08 Å². The summed E-state index contributed by atoms with van der Waals surface area (Å²) in [7, 11) is 0. The summed E-state index contributed by atoms with van der Waals surface area (Å²) in [5.41, 5.74) is 17.2. The molecule has 0 atom stereocenters. The van der Waals surface area contributed by atoms with Crippen LogP contribution in [-0.4, -0.2) is 0 Å². The van der Waals surface area contributed by atoms with Crippen molar-refractivity contribution in [3.8, 4) is 33.4 Å². The van der Waals surface area contributed by atoms with Crippen molar-refractivity contribution in [2.24, 2.45) is 0 Å². The van der Waals surface area contributed by atoms with Crippen LogP contribution in [0.2, 0.25) is 0 Å². The van der Waals surface area contributed by atoms with Gasteiger partial charge in [0, 0.05) is 5.69 Å². The number of hydrogen-bond acceptors (Lipinski definition) is 1. The summed E-state index contributed by atoms with van der Waals surface area (Å²) in [4.78, 5) is 2.44. The number of benzene rings is 7. The Morgan fingerprint density at radius 2 is 0.957 bits per heavy atom. The predicted octanol–water partition coefficient (Wildman–Crippen LogP) is 11.9. The van der Waals surface area contributed by atoms with Crippen LogP contribution < -0.4 is 4.90 Å². The number of anilines is 3. The molecule has 222 valence electrons. The molecule has 0 saturated heterocycles. The number of para-hydroxylation sites is 3. The van der Waals surface area contributed by atoms with E-state index in [4.69, 9.17) is 0 Å². The summed E-state index contributed by atoms with van der Waals surface area (Å²) in [6.07, 6.45) is 2.84. The highest BCUT2D eigenvalue weighted by Gasteiger charge is 2.51. The van der Waals surface area contributed by atoms with E-state index in [2.05, 4.69) is 181 Å². The third-order valence-corrected chi connectivity index (χ3v) is 10.0. The molecule has 1 heterocycles. The van der Waals surface area contributed by atoms with Crippen LogP contribution in [0.15, 0.2) is 183 Å². The maximum atomic E-state index is 3.91. The molecule has 0 radical (unpaired) electrons. The molecule has 9 rings (SSSR count). The van der Waals surface area contributed by atoms with Gasteiger partial charge >= 0.3 is 0 Å². The third kappa shape index (κ3) is 4.03. The van der Waals surface area contributed by atoms with Gasteiger partial charge in [0.2, 0.25) is 0 Å². The molecular formula is C46H33N. The van der Waals surface area contributed by atoms with Crippen LogP contribution in [0, 0.1) is 0 Å². The van der Waals surface area contributed by atoms with E-state index in [1.165, 1.54) is 72.6 Å². The number of nitrogens with zero attached hydrogens (tertiary/aromatic N) is 1. The molecule has 1 heteroatoms. The van der Waals surface area contributed by atoms with E-state index in [0.717, 1.165) is 12.1 Å². The third-order valence-electron chi connectivity index (χ3n) is 10.0. The van der Waals surface area contributed by atoms with Crippen LogP contribution >= 0.6 is 0 Å². The molecule has 1 aliphatic carbocycles. The highest BCUT2D eigenvalue weighted by Crippen LogP contribution is 2.63. The van der Waals surface area contributed by atoms with E-state index in [9.17, 15) is 0 Å². The van der Waals surface area contributed by atoms with Crippen LogP contribution in [0.25, 0.3) is 33.4 Å². The minimum atomic E-state index is -0.471. The Kier molecular flexibility index (Phi) is 6.33. The SMILES string of the molecule is C=CCc1ccc(-c2ccccc2-c2ccc3c(c2)C2(c4ccccc4-3)c3ccccc3N(c3ccccc3)c3ccccc32)cc1. The number of hydrogen-bond donors (Lipinski definition) is 0. The first-order chi connectivity index (χ1) is 23.3. The van der Waals surface area contributed by atoms with Crippen molar-refractivity contribution in [2.75, 3.05) is 4.90 Å². The van der Waals surface area contributed by atoms with Gasteiger partial charge in [-0.2, -0.15) is 0 Å². The molecule has 0 aromatic heterocycles. The standard InChI is InChI=1S/C46H33N/c1-2-14-32-25-27-33(28-26-32)36-17-6-7-18-37(36)34-29-30-39-38-19-8-9-20-40(38)46(43(39)31-34)41-21-10-12-23-44(41)47(35-15-4-3-5-16-35)45-24-13-11-22-42(45)46/h2-13,15-31H,1,14H2. The summed E-state index contributed by atoms with van der Waals surface area (Å²) in [6, 6.07) is 62.7. The highest BCUT2D eigenvalue weighted by molar-refractivity contribution is 5.97. The van der Waals surface area contributed by atoms with Gasteiger partial charge in [-0.3, -0.25) is 0 Å². The van der Waals surface area contributed by atoms with Gasteiger partial charge in [0.25, 0.3) is 0 Å². The molecule has 0 bridgehead atoms. The Hall–Kier alpha value is -5.92. The first-order valence-electron chi connectivity index (χ1n) is 16.4. The Balaban J connectivity index is 1.32. The number of rotatable bonds is 5. The zero-order valence-electron chi connectivity index (χ0n) is 26.1. The van der Waals surface area contributed by atoms with Gasteiger partial charge < -0.3 is 4.90 Å². The van der Waals surface area contributed by atoms with Crippen molar-refractivity contribution in [1.29, 1.82) is 0 Å². The van der Waals surface area contributed by atoms with Crippen molar-refractivity contribution >= 4 is 17.1 Å². The smallest absolute Gasteiger partial charge is 0.0754 e. The molecular weight excluding hydrogens is 567 g/mol. The molecule has 7 aromatic carbocycles. The zero-order valence-corrected chi connectivity index (χ0v) is 26.1. The second-order valence-electron chi connectivity index (χ2n) is 12.5. The van der Waals surface area contributed by atoms with E-state index in [1.54, 1.807) is 0 Å². The molecule has 0 unspecified atom stereocenters. The molecule has 2 aliphatic rings. The lowest BCUT2D eigenvalue weighted by Crippen LogP contribution is -2.36. The maximum Gasteiger partial charge on any atom is 0.0754 e. The van der Waals surface area contributed by atoms with Crippen LogP contribution in [-0.2, 0) is 11.8 Å². The van der Waals surface area contributed by atoms with Gasteiger partial charge in [-0.05, 0) is 98.0 Å². The second kappa shape index (κ2) is 10.9. The average Bonchev–Trinajstić information content (AvgIpc) is 3.43. The lowest BCUT2D eigenvalue weighted by molar-refractivity contribution is 0.753. The fraction of sp³-hybridized carbons (Fsp3) is 0.0435.